The molecule has 1 aromatic heterocycles. The van der Waals surface area contributed by atoms with Gasteiger partial charge in [0.05, 0.1) is 18.2 Å². The molecular formula is C27H36N2O4S. The van der Waals surface area contributed by atoms with Crippen LogP contribution in [0.1, 0.15) is 56.7 Å². The number of carboxylic acid groups (broad SMARTS) is 1. The molecule has 7 heteroatoms. The zero-order valence-electron chi connectivity index (χ0n) is 20.7. The SMILES string of the molecule is CCC(CC)O[C@@H]1C=C(C(=O)O)C[C@H](NCc2cc(C)c(-c3cccs3)cc2C)[C@H]1NC(C)=O. The number of carbonyl (C=O) groups excluding carboxylic acids is 1. The lowest BCUT2D eigenvalue weighted by molar-refractivity contribution is -0.133. The summed E-state index contributed by atoms with van der Waals surface area (Å²) in [7, 11) is 0. The predicted octanol–water partition coefficient (Wildman–Crippen LogP) is 4.98. The Balaban J connectivity index is 1.84. The number of rotatable bonds is 10. The van der Waals surface area contributed by atoms with Gasteiger partial charge in [0.1, 0.15) is 0 Å². The average molecular weight is 485 g/mol. The molecule has 1 aliphatic rings. The molecule has 1 aromatic carbocycles. The van der Waals surface area contributed by atoms with Crippen LogP contribution >= 0.6 is 11.3 Å². The molecule has 0 saturated carbocycles. The quantitative estimate of drug-likeness (QED) is 0.443. The Kier molecular flexibility index (Phi) is 9.05. The van der Waals surface area contributed by atoms with Crippen molar-refractivity contribution >= 4 is 23.2 Å². The first kappa shape index (κ1) is 26.1. The summed E-state index contributed by atoms with van der Waals surface area (Å²) in [6.45, 7) is 10.4. The van der Waals surface area contributed by atoms with Gasteiger partial charge in [-0.15, -0.1) is 11.3 Å². The fourth-order valence-electron chi connectivity index (χ4n) is 4.57. The van der Waals surface area contributed by atoms with E-state index in [2.05, 4.69) is 54.1 Å². The second-order valence-corrected chi connectivity index (χ2v) is 9.97. The van der Waals surface area contributed by atoms with Crippen molar-refractivity contribution < 1.29 is 19.4 Å². The summed E-state index contributed by atoms with van der Waals surface area (Å²) >= 11 is 1.73. The molecule has 3 rings (SSSR count). The van der Waals surface area contributed by atoms with Crippen molar-refractivity contribution in [3.05, 3.63) is 58.0 Å². The molecule has 0 aliphatic heterocycles. The molecule has 1 heterocycles. The van der Waals surface area contributed by atoms with Crippen molar-refractivity contribution in [1.29, 1.82) is 0 Å². The number of hydrogen-bond donors (Lipinski definition) is 3. The first-order chi connectivity index (χ1) is 16.2. The van der Waals surface area contributed by atoms with Gasteiger partial charge >= 0.3 is 5.97 Å². The molecule has 0 saturated heterocycles. The van der Waals surface area contributed by atoms with Gasteiger partial charge in [-0.2, -0.15) is 0 Å². The molecule has 1 aliphatic carbocycles. The lowest BCUT2D eigenvalue weighted by Gasteiger charge is -2.38. The summed E-state index contributed by atoms with van der Waals surface area (Å²) < 4.78 is 6.27. The highest BCUT2D eigenvalue weighted by Gasteiger charge is 2.37. The third-order valence-corrected chi connectivity index (χ3v) is 7.43. The molecule has 0 spiro atoms. The minimum absolute atomic E-state index is 0.000920. The zero-order valence-corrected chi connectivity index (χ0v) is 21.5. The van der Waals surface area contributed by atoms with Crippen LogP contribution in [0.5, 0.6) is 0 Å². The lowest BCUT2D eigenvalue weighted by atomic mass is 9.87. The van der Waals surface area contributed by atoms with Gasteiger partial charge in [-0.1, -0.05) is 32.0 Å². The van der Waals surface area contributed by atoms with Crippen molar-refractivity contribution in [2.75, 3.05) is 0 Å². The van der Waals surface area contributed by atoms with E-state index in [9.17, 15) is 14.7 Å². The Bertz CT molecular complexity index is 1030. The monoisotopic (exact) mass is 484 g/mol. The van der Waals surface area contributed by atoms with Gasteiger partial charge in [-0.3, -0.25) is 4.79 Å². The predicted molar refractivity (Wildman–Crippen MR) is 137 cm³/mol. The van der Waals surface area contributed by atoms with Gasteiger partial charge in [-0.25, -0.2) is 4.79 Å². The fraction of sp³-hybridized carbons (Fsp3) is 0.481. The van der Waals surface area contributed by atoms with Crippen LogP contribution in [0.25, 0.3) is 10.4 Å². The van der Waals surface area contributed by atoms with E-state index in [1.807, 2.05) is 13.8 Å². The molecule has 34 heavy (non-hydrogen) atoms. The Hall–Kier alpha value is -2.48. The van der Waals surface area contributed by atoms with Crippen LogP contribution in [0.4, 0.5) is 0 Å². The number of ether oxygens (including phenoxy) is 1. The van der Waals surface area contributed by atoms with Crippen molar-refractivity contribution in [3.8, 4) is 10.4 Å². The summed E-state index contributed by atoms with van der Waals surface area (Å²) in [6.07, 6.45) is 3.13. The first-order valence-corrected chi connectivity index (χ1v) is 12.8. The average Bonchev–Trinajstić information content (AvgIpc) is 3.33. The van der Waals surface area contributed by atoms with Gasteiger partial charge in [0.15, 0.2) is 0 Å². The number of carboxylic acids is 1. The molecule has 1 amide bonds. The number of hydrogen-bond acceptors (Lipinski definition) is 5. The summed E-state index contributed by atoms with van der Waals surface area (Å²) in [4.78, 5) is 25.2. The van der Waals surface area contributed by atoms with E-state index in [0.717, 1.165) is 18.4 Å². The first-order valence-electron chi connectivity index (χ1n) is 12.0. The molecule has 3 atom stereocenters. The highest BCUT2D eigenvalue weighted by molar-refractivity contribution is 7.13. The summed E-state index contributed by atoms with van der Waals surface area (Å²) in [5.74, 6) is -1.10. The fourth-order valence-corrected chi connectivity index (χ4v) is 5.38. The number of nitrogens with one attached hydrogen (secondary N) is 2. The molecule has 3 N–H and O–H groups in total. The molecule has 184 valence electrons. The highest BCUT2D eigenvalue weighted by atomic mass is 32.1. The lowest BCUT2D eigenvalue weighted by Crippen LogP contribution is -2.58. The maximum Gasteiger partial charge on any atom is 0.331 e. The summed E-state index contributed by atoms with van der Waals surface area (Å²) in [6, 6.07) is 7.98. The van der Waals surface area contributed by atoms with Crippen LogP contribution in [-0.2, 0) is 20.9 Å². The molecule has 6 nitrogen and oxygen atoms in total. The van der Waals surface area contributed by atoms with E-state index in [1.165, 1.54) is 28.5 Å². The number of carbonyl (C=O) groups is 2. The molecule has 0 radical (unpaired) electrons. The third-order valence-electron chi connectivity index (χ3n) is 6.52. The topological polar surface area (TPSA) is 87.7 Å². The normalized spacial score (nSPS) is 20.3. The Morgan fingerprint density at radius 1 is 1.21 bits per heavy atom. The van der Waals surface area contributed by atoms with Crippen LogP contribution < -0.4 is 10.6 Å². The van der Waals surface area contributed by atoms with Crippen LogP contribution in [-0.4, -0.2) is 41.3 Å². The van der Waals surface area contributed by atoms with E-state index in [-0.39, 0.29) is 24.1 Å². The standard InChI is InChI=1S/C27H36N2O4S/c1-6-21(7-2)33-24-14-19(27(31)32)13-23(26(24)29-18(5)30)28-15-20-11-17(4)22(12-16(20)3)25-9-8-10-34-25/h8-12,14,21,23-24,26,28H,6-7,13,15H2,1-5H3,(H,29,30)(H,31,32)/t23-,24+,26+/m0/s1. The van der Waals surface area contributed by atoms with E-state index in [0.29, 0.717) is 18.5 Å². The van der Waals surface area contributed by atoms with E-state index in [1.54, 1.807) is 17.4 Å². The van der Waals surface area contributed by atoms with Crippen molar-refractivity contribution in [3.63, 3.8) is 0 Å². The minimum Gasteiger partial charge on any atom is -0.478 e. The Labute approximate surface area is 206 Å². The van der Waals surface area contributed by atoms with Crippen LogP contribution in [0, 0.1) is 13.8 Å². The van der Waals surface area contributed by atoms with Gasteiger partial charge in [0, 0.05) is 30.0 Å². The zero-order chi connectivity index (χ0) is 24.8. The number of thiophene rings is 1. The number of amides is 1. The number of benzene rings is 1. The second-order valence-electron chi connectivity index (χ2n) is 9.03. The van der Waals surface area contributed by atoms with Crippen LogP contribution in [0.2, 0.25) is 0 Å². The number of aryl methyl sites for hydroxylation is 2. The minimum atomic E-state index is -0.946. The van der Waals surface area contributed by atoms with Gasteiger partial charge in [-0.05, 0) is 72.9 Å². The van der Waals surface area contributed by atoms with Crippen LogP contribution in [0.3, 0.4) is 0 Å². The van der Waals surface area contributed by atoms with Gasteiger partial charge < -0.3 is 20.5 Å². The molecule has 0 bridgehead atoms. The Morgan fingerprint density at radius 3 is 2.53 bits per heavy atom. The van der Waals surface area contributed by atoms with Crippen molar-refractivity contribution in [2.24, 2.45) is 0 Å². The third kappa shape index (κ3) is 6.34. The molecule has 2 aromatic rings. The summed E-state index contributed by atoms with van der Waals surface area (Å²) in [5.41, 5.74) is 5.08. The van der Waals surface area contributed by atoms with Crippen molar-refractivity contribution in [1.82, 2.24) is 10.6 Å². The van der Waals surface area contributed by atoms with E-state index in [4.69, 9.17) is 4.74 Å². The smallest absolute Gasteiger partial charge is 0.331 e. The van der Waals surface area contributed by atoms with Gasteiger partial charge in [0.25, 0.3) is 0 Å². The largest absolute Gasteiger partial charge is 0.478 e. The van der Waals surface area contributed by atoms with E-state index >= 15 is 0 Å². The Morgan fingerprint density at radius 2 is 1.94 bits per heavy atom. The van der Waals surface area contributed by atoms with Gasteiger partial charge in [0.2, 0.25) is 5.91 Å². The van der Waals surface area contributed by atoms with Crippen molar-refractivity contribution in [2.45, 2.75) is 84.7 Å². The summed E-state index contributed by atoms with van der Waals surface area (Å²) in [5, 5.41) is 18.4. The molecular weight excluding hydrogens is 448 g/mol. The number of aliphatic carboxylic acids is 1. The highest BCUT2D eigenvalue weighted by Crippen LogP contribution is 2.31. The van der Waals surface area contributed by atoms with Crippen LogP contribution in [0.15, 0.2) is 41.3 Å². The molecule has 0 fully saturated rings. The maximum absolute atomic E-state index is 12.0. The molecule has 0 unspecified atom stereocenters. The second kappa shape index (κ2) is 11.8. The van der Waals surface area contributed by atoms with E-state index < -0.39 is 12.1 Å². The maximum atomic E-state index is 12.0.